The molecule has 1 spiro atoms. The van der Waals surface area contributed by atoms with E-state index in [4.69, 9.17) is 9.47 Å². The molecule has 0 saturated carbocycles. The fourth-order valence-corrected chi connectivity index (χ4v) is 4.17. The number of sulfone groups is 1. The molecule has 2 heterocycles. The second kappa shape index (κ2) is 4.89. The van der Waals surface area contributed by atoms with Gasteiger partial charge in [0, 0.05) is 5.56 Å². The Morgan fingerprint density at radius 1 is 1.04 bits per heavy atom. The van der Waals surface area contributed by atoms with Gasteiger partial charge in [-0.3, -0.25) is 4.79 Å². The summed E-state index contributed by atoms with van der Waals surface area (Å²) in [6.07, 6.45) is 0. The lowest BCUT2D eigenvalue weighted by atomic mass is 10.1. The minimum absolute atomic E-state index is 0.136. The lowest BCUT2D eigenvalue weighted by Crippen LogP contribution is -2.37. The van der Waals surface area contributed by atoms with E-state index in [9.17, 15) is 13.2 Å². The molecule has 0 aromatic heterocycles. The first-order valence-electron chi connectivity index (χ1n) is 7.06. The van der Waals surface area contributed by atoms with Crippen molar-refractivity contribution in [2.45, 2.75) is 16.1 Å². The van der Waals surface area contributed by atoms with Gasteiger partial charge in [-0.25, -0.2) is 8.42 Å². The van der Waals surface area contributed by atoms with Gasteiger partial charge in [0.1, 0.15) is 0 Å². The maximum Gasteiger partial charge on any atom is 0.289 e. The van der Waals surface area contributed by atoms with E-state index in [0.717, 1.165) is 0 Å². The van der Waals surface area contributed by atoms with Gasteiger partial charge in [-0.1, -0.05) is 36.4 Å². The van der Waals surface area contributed by atoms with Crippen LogP contribution in [0.2, 0.25) is 0 Å². The average Bonchev–Trinajstić information content (AvgIpc) is 3.13. The number of benzene rings is 2. The van der Waals surface area contributed by atoms with Crippen LogP contribution in [0.3, 0.4) is 0 Å². The first-order chi connectivity index (χ1) is 11.0. The highest BCUT2D eigenvalue weighted by Gasteiger charge is 2.57. The van der Waals surface area contributed by atoms with E-state index in [2.05, 4.69) is 5.32 Å². The van der Waals surface area contributed by atoms with Crippen molar-refractivity contribution in [1.29, 1.82) is 0 Å². The molecule has 0 bridgehead atoms. The van der Waals surface area contributed by atoms with Gasteiger partial charge in [0.2, 0.25) is 9.84 Å². The van der Waals surface area contributed by atoms with Crippen LogP contribution in [-0.4, -0.2) is 26.4 Å². The number of carbonyl (C=O) groups excluding carboxylic acids is 1. The third kappa shape index (κ3) is 2.01. The van der Waals surface area contributed by atoms with Gasteiger partial charge in [0.25, 0.3) is 11.7 Å². The average molecular weight is 331 g/mol. The van der Waals surface area contributed by atoms with E-state index in [1.807, 2.05) is 0 Å². The highest BCUT2D eigenvalue weighted by atomic mass is 32.2. The fraction of sp³-hybridized carbons (Fsp3) is 0.188. The second-order valence-electron chi connectivity index (χ2n) is 5.33. The second-order valence-corrected chi connectivity index (χ2v) is 7.42. The molecule has 1 N–H and O–H groups in total. The smallest absolute Gasteiger partial charge is 0.289 e. The predicted molar refractivity (Wildman–Crippen MR) is 81.2 cm³/mol. The van der Waals surface area contributed by atoms with Crippen LogP contribution in [0.5, 0.6) is 0 Å². The lowest BCUT2D eigenvalue weighted by Gasteiger charge is -2.20. The molecule has 7 heteroatoms. The van der Waals surface area contributed by atoms with E-state index >= 15 is 0 Å². The summed E-state index contributed by atoms with van der Waals surface area (Å²) in [5.74, 6) is -2.20. The highest BCUT2D eigenvalue weighted by Crippen LogP contribution is 2.45. The number of ether oxygens (including phenoxy) is 2. The van der Waals surface area contributed by atoms with Gasteiger partial charge >= 0.3 is 0 Å². The molecular formula is C16H13NO5S. The molecule has 1 saturated heterocycles. The molecule has 2 aromatic rings. The van der Waals surface area contributed by atoms with Gasteiger partial charge in [-0.2, -0.15) is 0 Å². The predicted octanol–water partition coefficient (Wildman–Crippen LogP) is 1.64. The zero-order valence-corrected chi connectivity index (χ0v) is 12.7. The zero-order chi connectivity index (χ0) is 16.1. The Hall–Kier alpha value is -2.22. The van der Waals surface area contributed by atoms with E-state index in [1.165, 1.54) is 12.1 Å². The summed E-state index contributed by atoms with van der Waals surface area (Å²) in [5, 5.41) is 2.66. The third-order valence-corrected chi connectivity index (χ3v) is 5.82. The SMILES string of the molecule is O=C1Nc2ccccc2C12OCC(S(=O)(=O)c1ccccc1)O2. The summed E-state index contributed by atoms with van der Waals surface area (Å²) in [5.41, 5.74) is -0.173. The Balaban J connectivity index is 1.72. The molecule has 0 radical (unpaired) electrons. The van der Waals surface area contributed by atoms with E-state index in [1.54, 1.807) is 42.5 Å². The van der Waals surface area contributed by atoms with Crippen molar-refractivity contribution in [2.75, 3.05) is 11.9 Å². The Kier molecular flexibility index (Phi) is 3.06. The molecule has 2 atom stereocenters. The normalized spacial score (nSPS) is 26.3. The number of carbonyl (C=O) groups is 1. The van der Waals surface area contributed by atoms with Gasteiger partial charge in [0.15, 0.2) is 5.44 Å². The standard InChI is InChI=1S/C16H13NO5S/c18-15-16(12-8-4-5-9-13(12)17-15)21-10-14(22-16)23(19,20)11-6-2-1-3-7-11/h1-9,14H,10H2,(H,17,18). The quantitative estimate of drug-likeness (QED) is 0.905. The van der Waals surface area contributed by atoms with Crippen molar-refractivity contribution in [3.05, 3.63) is 60.2 Å². The molecular weight excluding hydrogens is 318 g/mol. The molecule has 1 fully saturated rings. The summed E-state index contributed by atoms with van der Waals surface area (Å²) in [6, 6.07) is 14.9. The van der Waals surface area contributed by atoms with Gasteiger partial charge < -0.3 is 14.8 Å². The van der Waals surface area contributed by atoms with Crippen LogP contribution < -0.4 is 5.32 Å². The molecule has 6 nitrogen and oxygen atoms in total. The maximum absolute atomic E-state index is 12.7. The Labute approximate surface area is 133 Å². The van der Waals surface area contributed by atoms with E-state index in [0.29, 0.717) is 11.3 Å². The van der Waals surface area contributed by atoms with Crippen LogP contribution in [0.4, 0.5) is 5.69 Å². The van der Waals surface area contributed by atoms with Gasteiger partial charge in [-0.05, 0) is 18.2 Å². The number of hydrogen-bond acceptors (Lipinski definition) is 5. The maximum atomic E-state index is 12.7. The Morgan fingerprint density at radius 2 is 1.74 bits per heavy atom. The minimum Gasteiger partial charge on any atom is -0.335 e. The van der Waals surface area contributed by atoms with Crippen LogP contribution in [0.25, 0.3) is 0 Å². The largest absolute Gasteiger partial charge is 0.335 e. The number of fused-ring (bicyclic) bond motifs is 2. The van der Waals surface area contributed by atoms with Crippen LogP contribution >= 0.6 is 0 Å². The van der Waals surface area contributed by atoms with Crippen LogP contribution in [0.1, 0.15) is 5.56 Å². The third-order valence-electron chi connectivity index (χ3n) is 3.97. The van der Waals surface area contributed by atoms with Crippen molar-refractivity contribution >= 4 is 21.4 Å². The van der Waals surface area contributed by atoms with Crippen molar-refractivity contribution < 1.29 is 22.7 Å². The van der Waals surface area contributed by atoms with E-state index in [-0.39, 0.29) is 11.5 Å². The highest BCUT2D eigenvalue weighted by molar-refractivity contribution is 7.92. The molecule has 0 aliphatic carbocycles. The van der Waals surface area contributed by atoms with Crippen LogP contribution in [-0.2, 0) is 29.9 Å². The zero-order valence-electron chi connectivity index (χ0n) is 11.9. The van der Waals surface area contributed by atoms with Crippen molar-refractivity contribution in [1.82, 2.24) is 0 Å². The molecule has 23 heavy (non-hydrogen) atoms. The molecule has 2 aliphatic heterocycles. The van der Waals surface area contributed by atoms with Gasteiger partial charge in [-0.15, -0.1) is 0 Å². The number of hydrogen-bond donors (Lipinski definition) is 1. The number of para-hydroxylation sites is 1. The number of amides is 1. The van der Waals surface area contributed by atoms with E-state index < -0.39 is 27.0 Å². The summed E-state index contributed by atoms with van der Waals surface area (Å²) in [6.45, 7) is -0.209. The Bertz CT molecular complexity index is 880. The minimum atomic E-state index is -3.76. The first-order valence-corrected chi connectivity index (χ1v) is 8.60. The molecule has 4 rings (SSSR count). The summed E-state index contributed by atoms with van der Waals surface area (Å²) in [4.78, 5) is 12.4. The monoisotopic (exact) mass is 331 g/mol. The molecule has 118 valence electrons. The first kappa shape index (κ1) is 14.4. The summed E-state index contributed by atoms with van der Waals surface area (Å²) >= 11 is 0. The number of rotatable bonds is 2. The summed E-state index contributed by atoms with van der Waals surface area (Å²) in [7, 11) is -3.76. The summed E-state index contributed by atoms with van der Waals surface area (Å²) < 4.78 is 36.5. The Morgan fingerprint density at radius 3 is 2.52 bits per heavy atom. The lowest BCUT2D eigenvalue weighted by molar-refractivity contribution is -0.180. The number of anilines is 1. The van der Waals surface area contributed by atoms with Crippen molar-refractivity contribution in [3.8, 4) is 0 Å². The van der Waals surface area contributed by atoms with Crippen molar-refractivity contribution in [3.63, 3.8) is 0 Å². The number of nitrogens with one attached hydrogen (secondary N) is 1. The molecule has 2 aliphatic rings. The molecule has 1 amide bonds. The van der Waals surface area contributed by atoms with Crippen LogP contribution in [0, 0.1) is 0 Å². The van der Waals surface area contributed by atoms with Crippen molar-refractivity contribution in [2.24, 2.45) is 0 Å². The van der Waals surface area contributed by atoms with Crippen LogP contribution in [0.15, 0.2) is 59.5 Å². The molecule has 2 unspecified atom stereocenters. The molecule has 2 aromatic carbocycles. The fourth-order valence-electron chi connectivity index (χ4n) is 2.82. The topological polar surface area (TPSA) is 81.7 Å². The van der Waals surface area contributed by atoms with Gasteiger partial charge in [0.05, 0.1) is 17.2 Å².